The minimum absolute atomic E-state index is 0.229. The number of hydrogen-bond donors (Lipinski definition) is 1. The molecule has 1 rings (SSSR count). The van der Waals surface area contributed by atoms with Crippen LogP contribution >= 0.6 is 0 Å². The van der Waals surface area contributed by atoms with Gasteiger partial charge in [-0.05, 0) is 18.3 Å². The molecule has 1 fully saturated rings. The van der Waals surface area contributed by atoms with Crippen molar-refractivity contribution in [2.24, 2.45) is 5.41 Å². The first kappa shape index (κ1) is 9.56. The van der Waals surface area contributed by atoms with Gasteiger partial charge in [-0.15, -0.1) is 0 Å². The summed E-state index contributed by atoms with van der Waals surface area (Å²) in [7, 11) is 0. The molecule has 1 unspecified atom stereocenters. The Kier molecular flexibility index (Phi) is 2.76. The molecule has 0 aromatic rings. The van der Waals surface area contributed by atoms with Gasteiger partial charge in [0.05, 0.1) is 0 Å². The van der Waals surface area contributed by atoms with Crippen molar-refractivity contribution in [2.45, 2.75) is 52.5 Å². The number of carbonyl (C=O) groups excluding carboxylic acids is 1. The minimum atomic E-state index is 0.229. The van der Waals surface area contributed by atoms with Gasteiger partial charge >= 0.3 is 0 Å². The van der Waals surface area contributed by atoms with Crippen LogP contribution in [0.15, 0.2) is 0 Å². The summed E-state index contributed by atoms with van der Waals surface area (Å²) in [6, 6.07) is 0.437. The van der Waals surface area contributed by atoms with E-state index in [1.54, 1.807) is 0 Å². The Morgan fingerprint density at radius 2 is 2.25 bits per heavy atom. The van der Waals surface area contributed by atoms with Gasteiger partial charge in [0.2, 0.25) is 5.91 Å². The summed E-state index contributed by atoms with van der Waals surface area (Å²) in [6.07, 6.45) is 4.06. The predicted molar refractivity (Wildman–Crippen MR) is 49.9 cm³/mol. The third-order valence-corrected chi connectivity index (χ3v) is 2.84. The summed E-state index contributed by atoms with van der Waals surface area (Å²) in [5.74, 6) is 0.229. The average molecular weight is 169 g/mol. The molecule has 2 nitrogen and oxygen atoms in total. The van der Waals surface area contributed by atoms with Gasteiger partial charge in [0.25, 0.3) is 0 Å². The Morgan fingerprint density at radius 1 is 1.58 bits per heavy atom. The summed E-state index contributed by atoms with van der Waals surface area (Å²) in [5, 5.41) is 3.01. The maximum atomic E-state index is 10.9. The lowest BCUT2D eigenvalue weighted by Crippen LogP contribution is -2.30. The maximum Gasteiger partial charge on any atom is 0.220 e. The number of hydrogen-bond acceptors (Lipinski definition) is 1. The van der Waals surface area contributed by atoms with Crippen LogP contribution in [0.1, 0.15) is 46.5 Å². The number of amides is 1. The summed E-state index contributed by atoms with van der Waals surface area (Å²) in [5.41, 5.74) is 0.377. The van der Waals surface area contributed by atoms with Crippen LogP contribution in [0.5, 0.6) is 0 Å². The lowest BCUT2D eigenvalue weighted by molar-refractivity contribution is -0.119. The molecular formula is C10H19NO. The van der Waals surface area contributed by atoms with E-state index in [4.69, 9.17) is 0 Å². The molecule has 2 heteroatoms. The molecule has 1 aliphatic rings. The second-order valence-electron chi connectivity index (χ2n) is 4.53. The fourth-order valence-corrected chi connectivity index (χ4v) is 1.64. The number of nitrogens with one attached hydrogen (secondary N) is 1. The Labute approximate surface area is 74.7 Å². The normalized spacial score (nSPS) is 24.2. The number of carbonyl (C=O) groups is 1. The van der Waals surface area contributed by atoms with E-state index in [0.29, 0.717) is 11.5 Å². The van der Waals surface area contributed by atoms with E-state index >= 15 is 0 Å². The van der Waals surface area contributed by atoms with Crippen LogP contribution in [0.4, 0.5) is 0 Å². The molecule has 1 amide bonds. The van der Waals surface area contributed by atoms with Crippen molar-refractivity contribution in [1.29, 1.82) is 0 Å². The lowest BCUT2D eigenvalue weighted by Gasteiger charge is -2.26. The Morgan fingerprint density at radius 3 is 2.67 bits per heavy atom. The van der Waals surface area contributed by atoms with Crippen LogP contribution in [-0.2, 0) is 4.79 Å². The van der Waals surface area contributed by atoms with Gasteiger partial charge in [-0.1, -0.05) is 27.2 Å². The van der Waals surface area contributed by atoms with E-state index in [1.165, 1.54) is 6.42 Å². The van der Waals surface area contributed by atoms with Crippen LogP contribution in [0, 0.1) is 5.41 Å². The topological polar surface area (TPSA) is 29.1 Å². The van der Waals surface area contributed by atoms with E-state index in [0.717, 1.165) is 19.3 Å². The van der Waals surface area contributed by atoms with Crippen LogP contribution < -0.4 is 5.32 Å². The molecular weight excluding hydrogens is 150 g/mol. The Hall–Kier alpha value is -0.530. The molecule has 0 saturated carbocycles. The molecule has 1 aliphatic heterocycles. The third kappa shape index (κ3) is 2.50. The minimum Gasteiger partial charge on any atom is -0.353 e. The van der Waals surface area contributed by atoms with Crippen molar-refractivity contribution < 1.29 is 4.79 Å². The molecule has 12 heavy (non-hydrogen) atoms. The lowest BCUT2D eigenvalue weighted by atomic mass is 9.83. The quantitative estimate of drug-likeness (QED) is 0.688. The molecule has 0 bridgehead atoms. The van der Waals surface area contributed by atoms with Gasteiger partial charge in [0, 0.05) is 12.5 Å². The standard InChI is InChI=1S/C10H19NO/c1-4-10(2,3)7-8-5-6-9(12)11-8/h8H,4-7H2,1-3H3,(H,11,12). The summed E-state index contributed by atoms with van der Waals surface area (Å²) in [4.78, 5) is 10.9. The van der Waals surface area contributed by atoms with Crippen molar-refractivity contribution in [2.75, 3.05) is 0 Å². The molecule has 0 aliphatic carbocycles. The van der Waals surface area contributed by atoms with Gasteiger partial charge in [-0.25, -0.2) is 0 Å². The van der Waals surface area contributed by atoms with Crippen molar-refractivity contribution in [3.63, 3.8) is 0 Å². The summed E-state index contributed by atoms with van der Waals surface area (Å²) in [6.45, 7) is 6.73. The molecule has 0 aromatic carbocycles. The summed E-state index contributed by atoms with van der Waals surface area (Å²) >= 11 is 0. The van der Waals surface area contributed by atoms with Gasteiger partial charge in [-0.3, -0.25) is 4.79 Å². The molecule has 1 heterocycles. The molecule has 0 aromatic heterocycles. The van der Waals surface area contributed by atoms with Crippen molar-refractivity contribution in [3.8, 4) is 0 Å². The predicted octanol–water partition coefficient (Wildman–Crippen LogP) is 2.09. The first-order valence-electron chi connectivity index (χ1n) is 4.83. The molecule has 1 atom stereocenters. The highest BCUT2D eigenvalue weighted by molar-refractivity contribution is 5.78. The van der Waals surface area contributed by atoms with Gasteiger partial charge in [0.1, 0.15) is 0 Å². The van der Waals surface area contributed by atoms with E-state index < -0.39 is 0 Å². The average Bonchev–Trinajstić information content (AvgIpc) is 2.35. The monoisotopic (exact) mass is 169 g/mol. The summed E-state index contributed by atoms with van der Waals surface area (Å²) < 4.78 is 0. The zero-order valence-corrected chi connectivity index (χ0v) is 8.31. The van der Waals surface area contributed by atoms with Crippen LogP contribution in [0.2, 0.25) is 0 Å². The first-order chi connectivity index (χ1) is 5.53. The highest BCUT2D eigenvalue weighted by atomic mass is 16.1. The molecule has 0 spiro atoms. The van der Waals surface area contributed by atoms with E-state index in [1.807, 2.05) is 0 Å². The highest BCUT2D eigenvalue weighted by Gasteiger charge is 2.26. The van der Waals surface area contributed by atoms with Crippen LogP contribution in [0.3, 0.4) is 0 Å². The zero-order valence-electron chi connectivity index (χ0n) is 8.31. The van der Waals surface area contributed by atoms with Crippen molar-refractivity contribution in [1.82, 2.24) is 5.32 Å². The fraction of sp³-hybridized carbons (Fsp3) is 0.900. The highest BCUT2D eigenvalue weighted by Crippen LogP contribution is 2.28. The van der Waals surface area contributed by atoms with E-state index in [-0.39, 0.29) is 5.91 Å². The first-order valence-corrected chi connectivity index (χ1v) is 4.83. The smallest absolute Gasteiger partial charge is 0.220 e. The van der Waals surface area contributed by atoms with Crippen molar-refractivity contribution >= 4 is 5.91 Å². The van der Waals surface area contributed by atoms with Crippen LogP contribution in [-0.4, -0.2) is 11.9 Å². The van der Waals surface area contributed by atoms with E-state index in [9.17, 15) is 4.79 Å². The largest absolute Gasteiger partial charge is 0.353 e. The molecule has 1 saturated heterocycles. The van der Waals surface area contributed by atoms with Crippen molar-refractivity contribution in [3.05, 3.63) is 0 Å². The second kappa shape index (κ2) is 3.46. The molecule has 1 N–H and O–H groups in total. The SMILES string of the molecule is CCC(C)(C)CC1CCC(=O)N1. The van der Waals surface area contributed by atoms with Gasteiger partial charge < -0.3 is 5.32 Å². The fourth-order valence-electron chi connectivity index (χ4n) is 1.64. The van der Waals surface area contributed by atoms with Gasteiger partial charge in [0.15, 0.2) is 0 Å². The second-order valence-corrected chi connectivity index (χ2v) is 4.53. The maximum absolute atomic E-state index is 10.9. The molecule has 0 radical (unpaired) electrons. The Bertz CT molecular complexity index is 175. The zero-order chi connectivity index (χ0) is 9.19. The van der Waals surface area contributed by atoms with Crippen LogP contribution in [0.25, 0.3) is 0 Å². The Balaban J connectivity index is 2.36. The molecule has 70 valence electrons. The third-order valence-electron chi connectivity index (χ3n) is 2.84. The van der Waals surface area contributed by atoms with E-state index in [2.05, 4.69) is 26.1 Å². The van der Waals surface area contributed by atoms with Gasteiger partial charge in [-0.2, -0.15) is 0 Å². The number of rotatable bonds is 3.